The van der Waals surface area contributed by atoms with Crippen molar-refractivity contribution in [1.29, 1.82) is 0 Å². The average Bonchev–Trinajstić information content (AvgIpc) is 2.83. The van der Waals surface area contributed by atoms with Gasteiger partial charge in [-0.2, -0.15) is 0 Å². The topological polar surface area (TPSA) is 90.3 Å². The summed E-state index contributed by atoms with van der Waals surface area (Å²) >= 11 is 0. The molecule has 0 aromatic heterocycles. The van der Waals surface area contributed by atoms with Gasteiger partial charge in [-0.15, -0.1) is 0 Å². The van der Waals surface area contributed by atoms with E-state index < -0.39 is 55.5 Å². The van der Waals surface area contributed by atoms with E-state index in [-0.39, 0.29) is 28.2 Å². The molecule has 6 rings (SSSR count). The summed E-state index contributed by atoms with van der Waals surface area (Å²) in [5.74, 6) is -7.63. The normalized spacial score (nSPS) is 24.5. The van der Waals surface area contributed by atoms with Gasteiger partial charge in [-0.05, 0) is 48.9 Å². The molecule has 2 aromatic rings. The summed E-state index contributed by atoms with van der Waals surface area (Å²) in [7, 11) is 0. The molecule has 2 N–H and O–H groups in total. The number of carbonyl (C=O) groups is 2. The van der Waals surface area contributed by atoms with Crippen molar-refractivity contribution in [3.63, 3.8) is 0 Å². The molecular formula is C28H22F4N2O5. The molecule has 202 valence electrons. The zero-order valence-electron chi connectivity index (χ0n) is 20.6. The number of aromatic carboxylic acids is 2. The number of ether oxygens (including phenoxy) is 1. The monoisotopic (exact) mass is 542 g/mol. The van der Waals surface area contributed by atoms with Crippen LogP contribution >= 0.6 is 0 Å². The van der Waals surface area contributed by atoms with Gasteiger partial charge in [0.05, 0.1) is 42.8 Å². The van der Waals surface area contributed by atoms with Crippen molar-refractivity contribution in [3.05, 3.63) is 88.2 Å². The SMILES string of the molecule is CC1(N2CC(F)(F)C2)C=CC2=C(c3cc(C(=O)O)ccc3C(=O)O)c3ccc(N4CC(F)(F)C4)cc3OC2=C1. The van der Waals surface area contributed by atoms with Crippen LogP contribution in [0.1, 0.15) is 38.8 Å². The van der Waals surface area contributed by atoms with Crippen LogP contribution in [0.5, 0.6) is 5.75 Å². The van der Waals surface area contributed by atoms with Crippen LogP contribution < -0.4 is 9.64 Å². The lowest BCUT2D eigenvalue weighted by molar-refractivity contribution is -0.150. The van der Waals surface area contributed by atoms with Crippen LogP contribution in [0.4, 0.5) is 23.2 Å². The van der Waals surface area contributed by atoms with Crippen molar-refractivity contribution in [2.24, 2.45) is 0 Å². The summed E-state index contributed by atoms with van der Waals surface area (Å²) in [6.45, 7) is -0.0751. The zero-order valence-corrected chi connectivity index (χ0v) is 20.6. The van der Waals surface area contributed by atoms with Crippen LogP contribution in [0.15, 0.2) is 66.0 Å². The summed E-state index contributed by atoms with van der Waals surface area (Å²) in [4.78, 5) is 27.0. The summed E-state index contributed by atoms with van der Waals surface area (Å²) < 4.78 is 60.6. The Morgan fingerprint density at radius 2 is 1.59 bits per heavy atom. The minimum absolute atomic E-state index is 0.125. The van der Waals surface area contributed by atoms with Gasteiger partial charge >= 0.3 is 11.9 Å². The summed E-state index contributed by atoms with van der Waals surface area (Å²) in [5.41, 5.74) is 0.637. The zero-order chi connectivity index (χ0) is 27.9. The molecule has 1 unspecified atom stereocenters. The molecule has 0 saturated carbocycles. The molecule has 0 spiro atoms. The first kappa shape index (κ1) is 25.2. The van der Waals surface area contributed by atoms with Crippen molar-refractivity contribution in [2.75, 3.05) is 31.1 Å². The van der Waals surface area contributed by atoms with Crippen molar-refractivity contribution < 1.29 is 42.1 Å². The van der Waals surface area contributed by atoms with E-state index in [1.165, 1.54) is 23.1 Å². The first-order valence-electron chi connectivity index (χ1n) is 12.1. The fourth-order valence-electron chi connectivity index (χ4n) is 5.38. The Balaban J connectivity index is 1.53. The molecule has 0 bridgehead atoms. The van der Waals surface area contributed by atoms with E-state index in [9.17, 15) is 37.4 Å². The second-order valence-corrected chi connectivity index (χ2v) is 10.4. The summed E-state index contributed by atoms with van der Waals surface area (Å²) in [6.07, 6.45) is 5.03. The van der Waals surface area contributed by atoms with E-state index >= 15 is 0 Å². The minimum Gasteiger partial charge on any atom is -0.478 e. The fourth-order valence-corrected chi connectivity index (χ4v) is 5.38. The van der Waals surface area contributed by atoms with E-state index in [1.54, 1.807) is 48.3 Å². The van der Waals surface area contributed by atoms with Crippen LogP contribution in [0.25, 0.3) is 5.57 Å². The van der Waals surface area contributed by atoms with Gasteiger partial charge in [0.2, 0.25) is 0 Å². The van der Waals surface area contributed by atoms with E-state index in [0.717, 1.165) is 0 Å². The molecular weight excluding hydrogens is 520 g/mol. The van der Waals surface area contributed by atoms with Crippen LogP contribution in [0, 0.1) is 0 Å². The van der Waals surface area contributed by atoms with Crippen LogP contribution in [0.2, 0.25) is 0 Å². The maximum Gasteiger partial charge on any atom is 0.336 e. The minimum atomic E-state index is -2.81. The molecule has 1 atom stereocenters. The van der Waals surface area contributed by atoms with E-state index in [2.05, 4.69) is 0 Å². The van der Waals surface area contributed by atoms with E-state index in [4.69, 9.17) is 4.74 Å². The standard InChI is InChI=1S/C28H22F4N2O5/c1-26(34-13-28(31,32)14-34)7-6-19-22(10-26)39-21-9-16(33-11-27(29,30)12-33)3-5-18(21)23(19)20-8-15(24(35)36)2-4-17(20)25(37)38/h2-10H,11-14H2,1H3,(H,35,36)(H,37,38). The highest BCUT2D eigenvalue weighted by molar-refractivity contribution is 6.02. The molecule has 4 aliphatic rings. The number of likely N-dealkylation sites (tertiary alicyclic amines) is 1. The van der Waals surface area contributed by atoms with Crippen molar-refractivity contribution >= 4 is 23.2 Å². The van der Waals surface area contributed by atoms with Gasteiger partial charge in [-0.3, -0.25) is 4.90 Å². The Morgan fingerprint density at radius 1 is 0.897 bits per heavy atom. The molecule has 3 heterocycles. The Kier molecular flexibility index (Phi) is 5.29. The van der Waals surface area contributed by atoms with Crippen LogP contribution in [-0.2, 0) is 0 Å². The number of hydrogen-bond donors (Lipinski definition) is 2. The summed E-state index contributed by atoms with van der Waals surface area (Å²) in [6, 6.07) is 8.48. The largest absolute Gasteiger partial charge is 0.478 e. The van der Waals surface area contributed by atoms with Crippen molar-refractivity contribution in [2.45, 2.75) is 24.3 Å². The molecule has 3 aliphatic heterocycles. The quantitative estimate of drug-likeness (QED) is 0.520. The second kappa shape index (κ2) is 8.19. The third kappa shape index (κ3) is 4.17. The van der Waals surface area contributed by atoms with Gasteiger partial charge in [-0.1, -0.05) is 12.2 Å². The number of halogens is 4. The predicted molar refractivity (Wildman–Crippen MR) is 133 cm³/mol. The highest BCUT2D eigenvalue weighted by Gasteiger charge is 2.51. The van der Waals surface area contributed by atoms with Gasteiger partial charge in [0.15, 0.2) is 0 Å². The molecule has 39 heavy (non-hydrogen) atoms. The number of carboxylic acids is 2. The Labute approximate surface area is 219 Å². The lowest BCUT2D eigenvalue weighted by Crippen LogP contribution is -2.63. The molecule has 11 heteroatoms. The van der Waals surface area contributed by atoms with Gasteiger partial charge < -0.3 is 19.8 Å². The van der Waals surface area contributed by atoms with Gasteiger partial charge in [0.25, 0.3) is 11.8 Å². The fraction of sp³-hybridized carbons (Fsp3) is 0.286. The first-order chi connectivity index (χ1) is 18.3. The maximum absolute atomic E-state index is 13.7. The number of carboxylic acid groups (broad SMARTS) is 2. The number of hydrogen-bond acceptors (Lipinski definition) is 5. The molecule has 2 aromatic carbocycles. The number of fused-ring (bicyclic) bond motifs is 2. The Morgan fingerprint density at radius 3 is 2.21 bits per heavy atom. The van der Waals surface area contributed by atoms with Crippen LogP contribution in [-0.4, -0.2) is 70.6 Å². The van der Waals surface area contributed by atoms with E-state index in [1.807, 2.05) is 0 Å². The predicted octanol–water partition coefficient (Wildman–Crippen LogP) is 4.90. The van der Waals surface area contributed by atoms with Crippen molar-refractivity contribution in [3.8, 4) is 5.75 Å². The van der Waals surface area contributed by atoms with Gasteiger partial charge in [-0.25, -0.2) is 27.2 Å². The highest BCUT2D eigenvalue weighted by Crippen LogP contribution is 2.48. The third-order valence-corrected chi connectivity index (χ3v) is 7.50. The van der Waals surface area contributed by atoms with E-state index in [0.29, 0.717) is 22.4 Å². The lowest BCUT2D eigenvalue weighted by Gasteiger charge is -2.49. The number of nitrogens with zero attached hydrogens (tertiary/aromatic N) is 2. The Bertz CT molecular complexity index is 1530. The molecule has 1 aliphatic carbocycles. The second-order valence-electron chi connectivity index (χ2n) is 10.4. The third-order valence-electron chi connectivity index (χ3n) is 7.50. The highest BCUT2D eigenvalue weighted by atomic mass is 19.3. The average molecular weight is 542 g/mol. The molecule has 7 nitrogen and oxygen atoms in total. The van der Waals surface area contributed by atoms with Crippen molar-refractivity contribution in [1.82, 2.24) is 4.90 Å². The molecule has 2 saturated heterocycles. The molecule has 2 fully saturated rings. The number of anilines is 1. The molecule has 0 amide bonds. The molecule has 0 radical (unpaired) electrons. The number of allylic oxidation sites excluding steroid dienone is 1. The Hall–Kier alpha value is -4.12. The number of benzene rings is 2. The summed E-state index contributed by atoms with van der Waals surface area (Å²) in [5, 5.41) is 19.5. The van der Waals surface area contributed by atoms with Gasteiger partial charge in [0.1, 0.15) is 11.5 Å². The van der Waals surface area contributed by atoms with Crippen LogP contribution in [0.3, 0.4) is 0 Å². The smallest absolute Gasteiger partial charge is 0.336 e. The number of alkyl halides is 4. The maximum atomic E-state index is 13.7. The number of rotatable bonds is 5. The lowest BCUT2D eigenvalue weighted by atomic mass is 9.81. The van der Waals surface area contributed by atoms with Gasteiger partial charge in [0, 0.05) is 28.5 Å². The first-order valence-corrected chi connectivity index (χ1v) is 12.1.